The molecule has 0 saturated heterocycles. The van der Waals surface area contributed by atoms with Crippen LogP contribution in [0.4, 0.5) is 0 Å². The summed E-state index contributed by atoms with van der Waals surface area (Å²) in [5, 5.41) is 11.2. The van der Waals surface area contributed by atoms with E-state index < -0.39 is 0 Å². The molecule has 17 heavy (non-hydrogen) atoms. The molecule has 1 aromatic heterocycles. The van der Waals surface area contributed by atoms with Crippen molar-refractivity contribution in [3.05, 3.63) is 54.4 Å². The predicted octanol–water partition coefficient (Wildman–Crippen LogP) is 1.28. The number of hydrogen-bond acceptors (Lipinski definition) is 4. The van der Waals surface area contributed by atoms with Crippen molar-refractivity contribution in [1.82, 2.24) is 20.2 Å². The molecule has 0 fully saturated rings. The van der Waals surface area contributed by atoms with E-state index in [1.807, 2.05) is 18.2 Å². The molecule has 1 heterocycles. The molecule has 0 unspecified atom stereocenters. The summed E-state index contributed by atoms with van der Waals surface area (Å²) in [5.74, 6) is 0.560. The van der Waals surface area contributed by atoms with Crippen molar-refractivity contribution in [2.75, 3.05) is 0 Å². The van der Waals surface area contributed by atoms with Crippen molar-refractivity contribution in [2.24, 2.45) is 0 Å². The molecule has 5 heteroatoms. The number of nitrogens with zero attached hydrogens (tertiary/aromatic N) is 4. The van der Waals surface area contributed by atoms with Gasteiger partial charge in [-0.15, -0.1) is 11.7 Å². The lowest BCUT2D eigenvalue weighted by Gasteiger charge is -2.01. The Balaban J connectivity index is 2.13. The van der Waals surface area contributed by atoms with Crippen LogP contribution in [0.5, 0.6) is 0 Å². The molecule has 0 atom stereocenters. The van der Waals surface area contributed by atoms with Crippen LogP contribution in [0, 0.1) is 0 Å². The zero-order valence-electron chi connectivity index (χ0n) is 9.28. The predicted molar refractivity (Wildman–Crippen MR) is 62.5 cm³/mol. The van der Waals surface area contributed by atoms with Crippen molar-refractivity contribution in [3.8, 4) is 0 Å². The van der Waals surface area contributed by atoms with Crippen molar-refractivity contribution < 1.29 is 4.79 Å². The summed E-state index contributed by atoms with van der Waals surface area (Å²) in [6.07, 6.45) is 1.89. The number of benzene rings is 1. The highest BCUT2D eigenvalue weighted by molar-refractivity contribution is 5.97. The van der Waals surface area contributed by atoms with Crippen LogP contribution in [0.2, 0.25) is 0 Å². The highest BCUT2D eigenvalue weighted by atomic mass is 16.1. The van der Waals surface area contributed by atoms with E-state index in [4.69, 9.17) is 0 Å². The number of carbonyl (C=O) groups is 1. The first-order chi connectivity index (χ1) is 8.31. The highest BCUT2D eigenvalue weighted by Crippen LogP contribution is 2.04. The minimum atomic E-state index is 0.00529. The number of rotatable bonds is 5. The van der Waals surface area contributed by atoms with Gasteiger partial charge in [0.25, 0.3) is 0 Å². The summed E-state index contributed by atoms with van der Waals surface area (Å²) >= 11 is 0. The van der Waals surface area contributed by atoms with Gasteiger partial charge in [0.15, 0.2) is 11.6 Å². The SMILES string of the molecule is C=CCn1nnnc1CC(=O)c1ccccc1. The smallest absolute Gasteiger partial charge is 0.170 e. The van der Waals surface area contributed by atoms with Crippen LogP contribution in [-0.2, 0) is 13.0 Å². The van der Waals surface area contributed by atoms with Crippen molar-refractivity contribution in [2.45, 2.75) is 13.0 Å². The summed E-state index contributed by atoms with van der Waals surface area (Å²) in [4.78, 5) is 11.9. The van der Waals surface area contributed by atoms with Crippen LogP contribution >= 0.6 is 0 Å². The van der Waals surface area contributed by atoms with E-state index >= 15 is 0 Å². The lowest BCUT2D eigenvalue weighted by atomic mass is 10.1. The molecule has 1 aromatic carbocycles. The molecule has 86 valence electrons. The fourth-order valence-corrected chi connectivity index (χ4v) is 1.48. The maximum Gasteiger partial charge on any atom is 0.170 e. The summed E-state index contributed by atoms with van der Waals surface area (Å²) < 4.78 is 1.56. The van der Waals surface area contributed by atoms with Gasteiger partial charge in [0.2, 0.25) is 0 Å². The Bertz CT molecular complexity index is 518. The van der Waals surface area contributed by atoms with Crippen LogP contribution < -0.4 is 0 Å². The van der Waals surface area contributed by atoms with E-state index in [9.17, 15) is 4.79 Å². The molecule has 0 bridgehead atoms. The first-order valence-electron chi connectivity index (χ1n) is 5.25. The third kappa shape index (κ3) is 2.63. The molecule has 0 aliphatic rings. The molecular formula is C12H12N4O. The van der Waals surface area contributed by atoms with Crippen LogP contribution in [0.3, 0.4) is 0 Å². The molecule has 5 nitrogen and oxygen atoms in total. The maximum absolute atomic E-state index is 11.9. The van der Waals surface area contributed by atoms with Crippen LogP contribution in [0.15, 0.2) is 43.0 Å². The van der Waals surface area contributed by atoms with E-state index in [1.54, 1.807) is 22.9 Å². The molecule has 0 spiro atoms. The van der Waals surface area contributed by atoms with Crippen LogP contribution in [0.25, 0.3) is 0 Å². The zero-order chi connectivity index (χ0) is 12.1. The van der Waals surface area contributed by atoms with Gasteiger partial charge in [0, 0.05) is 5.56 Å². The Hall–Kier alpha value is -2.30. The number of hydrogen-bond donors (Lipinski definition) is 0. The molecule has 0 radical (unpaired) electrons. The molecule has 2 rings (SSSR count). The van der Waals surface area contributed by atoms with Gasteiger partial charge in [-0.3, -0.25) is 4.79 Å². The Morgan fingerprint density at radius 3 is 2.82 bits per heavy atom. The van der Waals surface area contributed by atoms with Gasteiger partial charge in [-0.05, 0) is 10.4 Å². The van der Waals surface area contributed by atoms with Crippen LogP contribution in [0.1, 0.15) is 16.2 Å². The Morgan fingerprint density at radius 2 is 2.12 bits per heavy atom. The van der Waals surface area contributed by atoms with Gasteiger partial charge in [0.1, 0.15) is 0 Å². The van der Waals surface area contributed by atoms with Gasteiger partial charge in [-0.25, -0.2) is 4.68 Å². The fourth-order valence-electron chi connectivity index (χ4n) is 1.48. The van der Waals surface area contributed by atoms with Gasteiger partial charge in [0.05, 0.1) is 13.0 Å². The van der Waals surface area contributed by atoms with Gasteiger partial charge in [-0.1, -0.05) is 36.4 Å². The van der Waals surface area contributed by atoms with E-state index in [2.05, 4.69) is 22.1 Å². The zero-order valence-corrected chi connectivity index (χ0v) is 9.28. The monoisotopic (exact) mass is 228 g/mol. The van der Waals surface area contributed by atoms with E-state index in [1.165, 1.54) is 0 Å². The first-order valence-corrected chi connectivity index (χ1v) is 5.25. The first kappa shape index (κ1) is 11.2. The Kier molecular flexibility index (Phi) is 3.40. The third-order valence-electron chi connectivity index (χ3n) is 2.32. The molecule has 0 aliphatic carbocycles. The van der Waals surface area contributed by atoms with E-state index in [0.717, 1.165) is 0 Å². The molecule has 0 N–H and O–H groups in total. The van der Waals surface area contributed by atoms with Gasteiger partial charge in [-0.2, -0.15) is 0 Å². The number of Topliss-reactive ketones (excluding diaryl/α,β-unsaturated/α-hetero) is 1. The second-order valence-corrected chi connectivity index (χ2v) is 3.53. The Labute approximate surface area is 98.8 Å². The highest BCUT2D eigenvalue weighted by Gasteiger charge is 2.12. The quantitative estimate of drug-likeness (QED) is 0.571. The number of ketones is 1. The average molecular weight is 228 g/mol. The second-order valence-electron chi connectivity index (χ2n) is 3.53. The maximum atomic E-state index is 11.9. The van der Waals surface area contributed by atoms with Crippen molar-refractivity contribution in [1.29, 1.82) is 0 Å². The summed E-state index contributed by atoms with van der Waals surface area (Å²) in [6, 6.07) is 9.10. The molecule has 0 saturated carbocycles. The molecule has 2 aromatic rings. The van der Waals surface area contributed by atoms with Gasteiger partial charge >= 0.3 is 0 Å². The fraction of sp³-hybridized carbons (Fsp3) is 0.167. The number of aromatic nitrogens is 4. The summed E-state index contributed by atoms with van der Waals surface area (Å²) in [7, 11) is 0. The van der Waals surface area contributed by atoms with Gasteiger partial charge < -0.3 is 0 Å². The Morgan fingerprint density at radius 1 is 1.35 bits per heavy atom. The molecular weight excluding hydrogens is 216 g/mol. The number of allylic oxidation sites excluding steroid dienone is 1. The molecule has 0 aliphatic heterocycles. The normalized spacial score (nSPS) is 10.1. The lowest BCUT2D eigenvalue weighted by Crippen LogP contribution is -2.10. The minimum absolute atomic E-state index is 0.00529. The molecule has 0 amide bonds. The largest absolute Gasteiger partial charge is 0.294 e. The van der Waals surface area contributed by atoms with Crippen molar-refractivity contribution >= 4 is 5.78 Å². The minimum Gasteiger partial charge on any atom is -0.294 e. The van der Waals surface area contributed by atoms with E-state index in [0.29, 0.717) is 17.9 Å². The summed E-state index contributed by atoms with van der Waals surface area (Å²) in [6.45, 7) is 4.12. The van der Waals surface area contributed by atoms with E-state index in [-0.39, 0.29) is 12.2 Å². The average Bonchev–Trinajstić information content (AvgIpc) is 2.78. The third-order valence-corrected chi connectivity index (χ3v) is 2.32. The topological polar surface area (TPSA) is 60.7 Å². The number of tetrazole rings is 1. The standard InChI is InChI=1S/C12H12N4O/c1-2-8-16-12(13-14-15-16)9-11(17)10-6-4-3-5-7-10/h2-7H,1,8-9H2. The van der Waals surface area contributed by atoms with Crippen LogP contribution in [-0.4, -0.2) is 26.0 Å². The second kappa shape index (κ2) is 5.16. The number of carbonyl (C=O) groups excluding carboxylic acids is 1. The van der Waals surface area contributed by atoms with Crippen molar-refractivity contribution in [3.63, 3.8) is 0 Å². The lowest BCUT2D eigenvalue weighted by molar-refractivity contribution is 0.0989. The summed E-state index contributed by atoms with van der Waals surface area (Å²) in [5.41, 5.74) is 0.667.